The number of aromatic nitrogens is 2. The molecule has 6 nitrogen and oxygen atoms in total. The summed E-state index contributed by atoms with van der Waals surface area (Å²) >= 11 is 0. The van der Waals surface area contributed by atoms with Crippen LogP contribution in [0.1, 0.15) is 10.4 Å². The molecule has 2 heterocycles. The Kier molecular flexibility index (Phi) is 3.28. The summed E-state index contributed by atoms with van der Waals surface area (Å²) in [5.41, 5.74) is 0.574. The van der Waals surface area contributed by atoms with Crippen molar-refractivity contribution in [2.45, 2.75) is 6.10 Å². The van der Waals surface area contributed by atoms with Gasteiger partial charge < -0.3 is 14.4 Å². The molecule has 1 amide bonds. The number of hydrogen-bond donors (Lipinski definition) is 1. The zero-order valence-electron chi connectivity index (χ0n) is 11.1. The van der Waals surface area contributed by atoms with Crippen LogP contribution in [0.3, 0.4) is 0 Å². The van der Waals surface area contributed by atoms with Crippen molar-refractivity contribution in [3.05, 3.63) is 42.2 Å². The Bertz CT molecular complexity index is 591. The van der Waals surface area contributed by atoms with Gasteiger partial charge in [-0.3, -0.25) is 9.89 Å². The number of nitrogens with zero attached hydrogens (tertiary/aromatic N) is 2. The van der Waals surface area contributed by atoms with Crippen LogP contribution in [0, 0.1) is 0 Å². The lowest BCUT2D eigenvalue weighted by atomic mass is 10.1. The van der Waals surface area contributed by atoms with Crippen LogP contribution in [-0.2, 0) is 0 Å². The molecule has 20 heavy (non-hydrogen) atoms. The Morgan fingerprint density at radius 2 is 2.20 bits per heavy atom. The van der Waals surface area contributed by atoms with E-state index in [9.17, 15) is 4.79 Å². The summed E-state index contributed by atoms with van der Waals surface area (Å²) in [7, 11) is 1.62. The van der Waals surface area contributed by atoms with Crippen LogP contribution >= 0.6 is 0 Å². The van der Waals surface area contributed by atoms with Gasteiger partial charge in [0.2, 0.25) is 0 Å². The van der Waals surface area contributed by atoms with Gasteiger partial charge in [-0.25, -0.2) is 0 Å². The van der Waals surface area contributed by atoms with Crippen molar-refractivity contribution in [3.63, 3.8) is 0 Å². The SMILES string of the molecule is COc1cccc(OC2CN(C(=O)c3cn[nH]c3)C2)c1. The second-order valence-electron chi connectivity index (χ2n) is 4.62. The summed E-state index contributed by atoms with van der Waals surface area (Å²) in [5, 5.41) is 6.41. The van der Waals surface area contributed by atoms with E-state index in [-0.39, 0.29) is 12.0 Å². The fourth-order valence-electron chi connectivity index (χ4n) is 2.10. The van der Waals surface area contributed by atoms with Gasteiger partial charge in [0.15, 0.2) is 0 Å². The third-order valence-electron chi connectivity index (χ3n) is 3.22. The highest BCUT2D eigenvalue weighted by Gasteiger charge is 2.33. The van der Waals surface area contributed by atoms with Crippen molar-refractivity contribution in [1.29, 1.82) is 0 Å². The first kappa shape index (κ1) is 12.5. The number of aromatic amines is 1. The predicted molar refractivity (Wildman–Crippen MR) is 71.9 cm³/mol. The summed E-state index contributed by atoms with van der Waals surface area (Å²) in [6, 6.07) is 7.45. The first-order chi connectivity index (χ1) is 9.76. The van der Waals surface area contributed by atoms with Gasteiger partial charge in [-0.15, -0.1) is 0 Å². The highest BCUT2D eigenvalue weighted by molar-refractivity contribution is 5.94. The highest BCUT2D eigenvalue weighted by atomic mass is 16.5. The largest absolute Gasteiger partial charge is 0.497 e. The van der Waals surface area contributed by atoms with Crippen molar-refractivity contribution in [2.75, 3.05) is 20.2 Å². The molecule has 0 bridgehead atoms. The lowest BCUT2D eigenvalue weighted by Gasteiger charge is -2.38. The number of nitrogens with one attached hydrogen (secondary N) is 1. The third kappa shape index (κ3) is 2.45. The van der Waals surface area contributed by atoms with Crippen LogP contribution in [-0.4, -0.2) is 47.3 Å². The monoisotopic (exact) mass is 273 g/mol. The Balaban J connectivity index is 1.54. The van der Waals surface area contributed by atoms with E-state index in [0.717, 1.165) is 11.5 Å². The van der Waals surface area contributed by atoms with Crippen LogP contribution in [0.5, 0.6) is 11.5 Å². The molecule has 1 aromatic heterocycles. The molecule has 1 saturated heterocycles. The van der Waals surface area contributed by atoms with Gasteiger partial charge in [0.05, 0.1) is 32.0 Å². The minimum Gasteiger partial charge on any atom is -0.497 e. The van der Waals surface area contributed by atoms with E-state index in [2.05, 4.69) is 10.2 Å². The summed E-state index contributed by atoms with van der Waals surface area (Å²) in [4.78, 5) is 13.7. The number of ether oxygens (including phenoxy) is 2. The van der Waals surface area contributed by atoms with E-state index < -0.39 is 0 Å². The number of benzene rings is 1. The lowest BCUT2D eigenvalue weighted by Crippen LogP contribution is -2.56. The Morgan fingerprint density at radius 3 is 2.90 bits per heavy atom. The average Bonchev–Trinajstić information content (AvgIpc) is 2.96. The van der Waals surface area contributed by atoms with Gasteiger partial charge in [-0.05, 0) is 12.1 Å². The topological polar surface area (TPSA) is 67.5 Å². The standard InChI is InChI=1S/C14H15N3O3/c1-19-11-3-2-4-12(5-11)20-13-8-17(9-13)14(18)10-6-15-16-7-10/h2-7,13H,8-9H2,1H3,(H,15,16). The number of methoxy groups -OCH3 is 1. The second-order valence-corrected chi connectivity index (χ2v) is 4.62. The van der Waals surface area contributed by atoms with Crippen molar-refractivity contribution in [1.82, 2.24) is 15.1 Å². The second kappa shape index (κ2) is 5.24. The molecular weight excluding hydrogens is 258 g/mol. The molecule has 0 spiro atoms. The molecule has 2 aromatic rings. The minimum absolute atomic E-state index is 0.0238. The van der Waals surface area contributed by atoms with Crippen LogP contribution in [0.15, 0.2) is 36.7 Å². The summed E-state index contributed by atoms with van der Waals surface area (Å²) in [6.07, 6.45) is 3.15. The molecule has 3 rings (SSSR count). The Morgan fingerprint density at radius 1 is 1.40 bits per heavy atom. The zero-order valence-corrected chi connectivity index (χ0v) is 11.1. The fraction of sp³-hybridized carbons (Fsp3) is 0.286. The highest BCUT2D eigenvalue weighted by Crippen LogP contribution is 2.23. The van der Waals surface area contributed by atoms with Gasteiger partial charge in [0.25, 0.3) is 5.91 Å². The van der Waals surface area contributed by atoms with E-state index >= 15 is 0 Å². The van der Waals surface area contributed by atoms with Crippen molar-refractivity contribution in [2.24, 2.45) is 0 Å². The summed E-state index contributed by atoms with van der Waals surface area (Å²) < 4.78 is 10.9. The molecule has 0 unspecified atom stereocenters. The van der Waals surface area contributed by atoms with E-state index in [4.69, 9.17) is 9.47 Å². The van der Waals surface area contributed by atoms with Crippen LogP contribution in [0.25, 0.3) is 0 Å². The minimum atomic E-state index is -0.0238. The first-order valence-corrected chi connectivity index (χ1v) is 6.35. The first-order valence-electron chi connectivity index (χ1n) is 6.35. The van der Waals surface area contributed by atoms with Gasteiger partial charge in [-0.2, -0.15) is 5.10 Å². The maximum Gasteiger partial charge on any atom is 0.257 e. The van der Waals surface area contributed by atoms with Crippen molar-refractivity contribution < 1.29 is 14.3 Å². The number of amides is 1. The molecule has 1 N–H and O–H groups in total. The zero-order chi connectivity index (χ0) is 13.9. The lowest BCUT2D eigenvalue weighted by molar-refractivity contribution is 0.0177. The molecule has 0 aliphatic carbocycles. The number of carbonyl (C=O) groups is 1. The van der Waals surface area contributed by atoms with Gasteiger partial charge in [0.1, 0.15) is 17.6 Å². The predicted octanol–water partition coefficient (Wildman–Crippen LogP) is 1.32. The molecule has 1 fully saturated rings. The van der Waals surface area contributed by atoms with Crippen molar-refractivity contribution >= 4 is 5.91 Å². The third-order valence-corrected chi connectivity index (χ3v) is 3.22. The average molecular weight is 273 g/mol. The molecule has 1 aliphatic rings. The number of H-pyrrole nitrogens is 1. The van der Waals surface area contributed by atoms with Gasteiger partial charge in [-0.1, -0.05) is 6.07 Å². The van der Waals surface area contributed by atoms with Gasteiger partial charge in [0, 0.05) is 12.3 Å². The van der Waals surface area contributed by atoms with Crippen LogP contribution < -0.4 is 9.47 Å². The van der Waals surface area contributed by atoms with E-state index in [0.29, 0.717) is 18.7 Å². The number of hydrogen-bond acceptors (Lipinski definition) is 4. The number of carbonyl (C=O) groups excluding carboxylic acids is 1. The molecule has 0 atom stereocenters. The smallest absolute Gasteiger partial charge is 0.257 e. The van der Waals surface area contributed by atoms with E-state index in [1.165, 1.54) is 6.20 Å². The van der Waals surface area contributed by atoms with Crippen molar-refractivity contribution in [3.8, 4) is 11.5 Å². The molecule has 0 saturated carbocycles. The quantitative estimate of drug-likeness (QED) is 0.912. The molecular formula is C14H15N3O3. The molecule has 6 heteroatoms. The van der Waals surface area contributed by atoms with Crippen LogP contribution in [0.4, 0.5) is 0 Å². The van der Waals surface area contributed by atoms with E-state index in [1.54, 1.807) is 18.2 Å². The van der Waals surface area contributed by atoms with Crippen LogP contribution in [0.2, 0.25) is 0 Å². The maximum atomic E-state index is 12.0. The molecule has 0 radical (unpaired) electrons. The molecule has 1 aliphatic heterocycles. The Labute approximate surface area is 116 Å². The number of rotatable bonds is 4. The maximum absolute atomic E-state index is 12.0. The molecule has 104 valence electrons. The van der Waals surface area contributed by atoms with E-state index in [1.807, 2.05) is 24.3 Å². The summed E-state index contributed by atoms with van der Waals surface area (Å²) in [6.45, 7) is 1.17. The fourth-order valence-corrected chi connectivity index (χ4v) is 2.10. The van der Waals surface area contributed by atoms with Gasteiger partial charge >= 0.3 is 0 Å². The summed E-state index contributed by atoms with van der Waals surface area (Å²) in [5.74, 6) is 1.49. The molecule has 1 aromatic carbocycles. The Hall–Kier alpha value is -2.50. The normalized spacial score (nSPS) is 14.8. The number of likely N-dealkylation sites (tertiary alicyclic amines) is 1.